The van der Waals surface area contributed by atoms with Gasteiger partial charge in [-0.15, -0.1) is 0 Å². The summed E-state index contributed by atoms with van der Waals surface area (Å²) >= 11 is 0. The molecule has 0 spiro atoms. The number of amides is 1. The second-order valence-corrected chi connectivity index (χ2v) is 8.81. The van der Waals surface area contributed by atoms with Gasteiger partial charge in [-0.2, -0.15) is 0 Å². The number of rotatable bonds is 6. The lowest BCUT2D eigenvalue weighted by molar-refractivity contribution is -0.160. The molecule has 3 aromatic rings. The highest BCUT2D eigenvalue weighted by Gasteiger charge is 2.13. The number of carbonyl (C=O) groups excluding carboxylic acids is 1. The number of aromatic nitrogens is 1. The van der Waals surface area contributed by atoms with E-state index in [0.717, 1.165) is 36.6 Å². The molecule has 2 heterocycles. The number of hydrogen-bond acceptors (Lipinski definition) is 6. The minimum Gasteiger partial charge on any atom is -0.591 e. The molecule has 1 aromatic heterocycles. The first-order chi connectivity index (χ1) is 16.1. The molecule has 1 unspecified atom stereocenters. The quantitative estimate of drug-likeness (QED) is 0.482. The van der Waals surface area contributed by atoms with Crippen LogP contribution in [0.2, 0.25) is 0 Å². The fraction of sp³-hybridized carbons (Fsp3) is 0.280. The van der Waals surface area contributed by atoms with Gasteiger partial charge in [-0.3, -0.25) is 9.78 Å². The van der Waals surface area contributed by atoms with Gasteiger partial charge < -0.3 is 20.6 Å². The summed E-state index contributed by atoms with van der Waals surface area (Å²) in [6.07, 6.45) is 6.91. The second-order valence-electron chi connectivity index (χ2n) is 7.78. The number of aliphatic hydroxyl groups excluding tert-OH is 1. The smallest absolute Gasteiger partial charge is 0.348 e. The van der Waals surface area contributed by atoms with E-state index in [1.165, 1.54) is 25.0 Å². The predicted molar refractivity (Wildman–Crippen MR) is 129 cm³/mol. The minimum absolute atomic E-state index is 0.114. The maximum absolute atomic E-state index is 12.3. The molecule has 1 amide bonds. The molecule has 1 aliphatic rings. The van der Waals surface area contributed by atoms with Crippen LogP contribution < -0.4 is 20.8 Å². The number of nitrogens with one attached hydrogen (secondary N) is 2. The van der Waals surface area contributed by atoms with E-state index in [9.17, 15) is 14.3 Å². The molecule has 0 bridgehead atoms. The zero-order chi connectivity index (χ0) is 23.5. The van der Waals surface area contributed by atoms with Crippen molar-refractivity contribution < 1.29 is 19.4 Å². The van der Waals surface area contributed by atoms with E-state index in [-0.39, 0.29) is 11.2 Å². The number of benzene rings is 2. The molecule has 2 aromatic carbocycles. The average Bonchev–Trinajstić information content (AvgIpc) is 2.86. The number of pyridine rings is 1. The molecule has 33 heavy (non-hydrogen) atoms. The normalized spacial score (nSPS) is 14.1. The van der Waals surface area contributed by atoms with E-state index in [1.54, 1.807) is 30.6 Å². The van der Waals surface area contributed by atoms with Gasteiger partial charge in [0, 0.05) is 36.3 Å². The Morgan fingerprint density at radius 1 is 1.06 bits per heavy atom. The summed E-state index contributed by atoms with van der Waals surface area (Å²) in [6, 6.07) is 17.1. The summed E-state index contributed by atoms with van der Waals surface area (Å²) in [5.41, 5.74) is 2.87. The fourth-order valence-electron chi connectivity index (χ4n) is 3.64. The number of aliphatic hydroxyl groups is 1. The first-order valence-corrected chi connectivity index (χ1v) is 12.1. The molecule has 1 aliphatic heterocycles. The maximum atomic E-state index is 12.3. The first-order valence-electron chi connectivity index (χ1n) is 10.9. The number of piperidine rings is 1. The Labute approximate surface area is 194 Å². The minimum atomic E-state index is -2.72. The van der Waals surface area contributed by atoms with Gasteiger partial charge in [0.25, 0.3) is 5.91 Å². The van der Waals surface area contributed by atoms with Crippen molar-refractivity contribution in [3.05, 3.63) is 78.6 Å². The van der Waals surface area contributed by atoms with Gasteiger partial charge >= 0.3 is 8.03 Å². The lowest BCUT2D eigenvalue weighted by Gasteiger charge is -2.21. The molecule has 172 valence electrons. The number of hydrogen-bond donors (Lipinski definition) is 3. The van der Waals surface area contributed by atoms with Gasteiger partial charge in [-0.25, -0.2) is 0 Å². The molecule has 8 heteroatoms. The van der Waals surface area contributed by atoms with E-state index in [4.69, 9.17) is 5.11 Å². The van der Waals surface area contributed by atoms with E-state index in [1.807, 2.05) is 30.3 Å². The van der Waals surface area contributed by atoms with Crippen LogP contribution in [-0.4, -0.2) is 35.7 Å². The van der Waals surface area contributed by atoms with Gasteiger partial charge in [0.05, 0.1) is 0 Å². The molecule has 0 aliphatic carbocycles. The number of carbonyl (C=O) groups is 1. The van der Waals surface area contributed by atoms with Crippen molar-refractivity contribution in [3.63, 3.8) is 0 Å². The van der Waals surface area contributed by atoms with E-state index >= 15 is 0 Å². The highest BCUT2D eigenvalue weighted by molar-refractivity contribution is 7.45. The monoisotopic (exact) mass is 465 g/mol. The topological polar surface area (TPSA) is 114 Å². The fourth-order valence-corrected chi connectivity index (χ4v) is 4.09. The summed E-state index contributed by atoms with van der Waals surface area (Å²) in [5, 5.41) is 14.8. The van der Waals surface area contributed by atoms with Crippen molar-refractivity contribution in [2.24, 2.45) is 5.92 Å². The SMILES string of the molecule is O=C(Nc1cccc(-c2ccncc2)c1)c1cccc([P+](=O)[O-])c1.OCCC1CCNCC1. The largest absolute Gasteiger partial charge is 0.591 e. The highest BCUT2D eigenvalue weighted by atomic mass is 31.1. The molecule has 1 atom stereocenters. The summed E-state index contributed by atoms with van der Waals surface area (Å²) in [6.45, 7) is 2.65. The Morgan fingerprint density at radius 2 is 1.79 bits per heavy atom. The molecule has 0 radical (unpaired) electrons. The van der Waals surface area contributed by atoms with Gasteiger partial charge in [0.2, 0.25) is 0 Å². The molecule has 1 fully saturated rings. The Balaban J connectivity index is 0.000000286. The van der Waals surface area contributed by atoms with Crippen LogP contribution in [0.4, 0.5) is 5.69 Å². The van der Waals surface area contributed by atoms with Gasteiger partial charge in [-0.1, -0.05) is 22.8 Å². The third-order valence-corrected chi connectivity index (χ3v) is 6.15. The second kappa shape index (κ2) is 12.9. The Bertz CT molecular complexity index is 1050. The molecule has 1 saturated heterocycles. The molecular formula is C25H28N3O4P. The summed E-state index contributed by atoms with van der Waals surface area (Å²) in [7, 11) is -2.72. The molecule has 0 saturated carbocycles. The van der Waals surface area contributed by atoms with Crippen LogP contribution in [-0.2, 0) is 4.57 Å². The molecule has 4 rings (SSSR count). The predicted octanol–water partition coefficient (Wildman–Crippen LogP) is 3.10. The average molecular weight is 465 g/mol. The molecule has 7 nitrogen and oxygen atoms in total. The van der Waals surface area contributed by atoms with Gasteiger partial charge in [0.15, 0.2) is 5.30 Å². The Morgan fingerprint density at radius 3 is 2.48 bits per heavy atom. The van der Waals surface area contributed by atoms with Crippen molar-refractivity contribution in [1.29, 1.82) is 0 Å². The lowest BCUT2D eigenvalue weighted by atomic mass is 9.95. The first kappa shape index (κ1) is 24.7. The van der Waals surface area contributed by atoms with Crippen LogP contribution in [0.15, 0.2) is 73.1 Å². The summed E-state index contributed by atoms with van der Waals surface area (Å²) in [4.78, 5) is 27.3. The van der Waals surface area contributed by atoms with Crippen LogP contribution in [0.5, 0.6) is 0 Å². The Hall–Kier alpha value is -2.96. The lowest BCUT2D eigenvalue weighted by Crippen LogP contribution is -2.28. The van der Waals surface area contributed by atoms with Crippen molar-refractivity contribution in [2.75, 3.05) is 25.0 Å². The van der Waals surface area contributed by atoms with Crippen LogP contribution in [0.3, 0.4) is 0 Å². The van der Waals surface area contributed by atoms with E-state index in [2.05, 4.69) is 15.6 Å². The van der Waals surface area contributed by atoms with Crippen LogP contribution in [0, 0.1) is 5.92 Å². The van der Waals surface area contributed by atoms with Crippen molar-refractivity contribution in [2.45, 2.75) is 19.3 Å². The standard InChI is InChI=1S/C18H13N2O3P.C7H15NO/c21-18(15-4-2-6-17(12-15)24(22)23)20-16-5-1-3-14(11-16)13-7-9-19-10-8-13;9-6-3-7-1-4-8-5-2-7/h1-12H,(H,20,21);7-9H,1-6H2. The van der Waals surface area contributed by atoms with Gasteiger partial charge in [-0.05, 0) is 85.8 Å². The van der Waals surface area contributed by atoms with Crippen molar-refractivity contribution in [1.82, 2.24) is 10.3 Å². The zero-order valence-corrected chi connectivity index (χ0v) is 19.2. The van der Waals surface area contributed by atoms with Crippen molar-refractivity contribution >= 4 is 24.9 Å². The highest BCUT2D eigenvalue weighted by Crippen LogP contribution is 2.22. The summed E-state index contributed by atoms with van der Waals surface area (Å²) < 4.78 is 11.0. The third-order valence-electron chi connectivity index (χ3n) is 5.45. The number of nitrogens with zero attached hydrogens (tertiary/aromatic N) is 1. The van der Waals surface area contributed by atoms with Crippen LogP contribution in [0.25, 0.3) is 11.1 Å². The molecular weight excluding hydrogens is 437 g/mol. The number of anilines is 1. The van der Waals surface area contributed by atoms with E-state index < -0.39 is 8.03 Å². The molecule has 3 N–H and O–H groups in total. The van der Waals surface area contributed by atoms with E-state index in [0.29, 0.717) is 17.9 Å². The third kappa shape index (κ3) is 7.84. The maximum Gasteiger partial charge on any atom is 0.348 e. The van der Waals surface area contributed by atoms with Crippen LogP contribution >= 0.6 is 8.03 Å². The summed E-state index contributed by atoms with van der Waals surface area (Å²) in [5.74, 6) is 0.428. The Kier molecular flexibility index (Phi) is 9.66. The van der Waals surface area contributed by atoms with Crippen LogP contribution in [0.1, 0.15) is 29.6 Å². The zero-order valence-electron chi connectivity index (χ0n) is 18.3. The van der Waals surface area contributed by atoms with Crippen molar-refractivity contribution in [3.8, 4) is 11.1 Å². The van der Waals surface area contributed by atoms with Gasteiger partial charge in [0.1, 0.15) is 0 Å².